The van der Waals surface area contributed by atoms with Gasteiger partial charge in [-0.1, -0.05) is 38.3 Å². The zero-order valence-electron chi connectivity index (χ0n) is 17.7. The van der Waals surface area contributed by atoms with Crippen molar-refractivity contribution < 1.29 is 14.3 Å². The maximum atomic E-state index is 12.7. The zero-order valence-corrected chi connectivity index (χ0v) is 18.6. The van der Waals surface area contributed by atoms with Crippen LogP contribution in [0.3, 0.4) is 0 Å². The first-order valence-electron chi connectivity index (χ1n) is 10.1. The maximum absolute atomic E-state index is 12.7. The Balaban J connectivity index is 1.93. The first-order valence-corrected chi connectivity index (χ1v) is 10.5. The molecule has 0 fully saturated rings. The molecule has 0 atom stereocenters. The number of hydrogen-bond donors (Lipinski definition) is 2. The Hall–Kier alpha value is -2.93. The van der Waals surface area contributed by atoms with Crippen LogP contribution in [0.5, 0.6) is 5.75 Å². The number of thiocarbonyl (C=S) groups is 1. The average Bonchev–Trinajstić information content (AvgIpc) is 2.73. The number of unbranched alkanes of at least 4 members (excludes halogenated alkanes) is 3. The van der Waals surface area contributed by atoms with Gasteiger partial charge in [-0.15, -0.1) is 0 Å². The van der Waals surface area contributed by atoms with Gasteiger partial charge in [0.25, 0.3) is 5.91 Å². The third-order valence-electron chi connectivity index (χ3n) is 4.60. The van der Waals surface area contributed by atoms with Crippen molar-refractivity contribution in [1.29, 1.82) is 0 Å². The molecule has 30 heavy (non-hydrogen) atoms. The minimum Gasteiger partial charge on any atom is -0.493 e. The average molecular weight is 428 g/mol. The molecule has 0 spiro atoms. The van der Waals surface area contributed by atoms with Gasteiger partial charge in [-0.2, -0.15) is 0 Å². The number of hydrogen-bond acceptors (Lipinski definition) is 4. The van der Waals surface area contributed by atoms with Crippen molar-refractivity contribution in [3.63, 3.8) is 0 Å². The predicted octanol–water partition coefficient (Wildman–Crippen LogP) is 4.76. The van der Waals surface area contributed by atoms with Gasteiger partial charge in [0.05, 0.1) is 12.2 Å². The minimum atomic E-state index is -0.329. The van der Waals surface area contributed by atoms with E-state index in [-0.39, 0.29) is 16.9 Å². The summed E-state index contributed by atoms with van der Waals surface area (Å²) in [6.45, 7) is 4.24. The second-order valence-electron chi connectivity index (χ2n) is 6.94. The Morgan fingerprint density at radius 3 is 2.40 bits per heavy atom. The number of anilines is 2. The fourth-order valence-corrected chi connectivity index (χ4v) is 2.98. The van der Waals surface area contributed by atoms with E-state index in [9.17, 15) is 9.59 Å². The molecule has 0 aliphatic carbocycles. The van der Waals surface area contributed by atoms with Crippen LogP contribution in [0.2, 0.25) is 0 Å². The van der Waals surface area contributed by atoms with Crippen LogP contribution in [0.25, 0.3) is 0 Å². The first-order chi connectivity index (χ1) is 14.4. The minimum absolute atomic E-state index is 0.0512. The lowest BCUT2D eigenvalue weighted by Gasteiger charge is -2.16. The zero-order chi connectivity index (χ0) is 21.9. The molecule has 2 N–H and O–H groups in total. The Morgan fingerprint density at radius 2 is 1.73 bits per heavy atom. The molecule has 2 aromatic carbocycles. The van der Waals surface area contributed by atoms with Crippen molar-refractivity contribution in [3.8, 4) is 5.75 Å². The van der Waals surface area contributed by atoms with E-state index in [0.29, 0.717) is 23.6 Å². The van der Waals surface area contributed by atoms with E-state index in [1.807, 2.05) is 6.07 Å². The Bertz CT molecular complexity index is 868. The third kappa shape index (κ3) is 7.15. The van der Waals surface area contributed by atoms with Gasteiger partial charge in [-0.25, -0.2) is 0 Å². The number of para-hydroxylation sites is 1. The Labute approximate surface area is 183 Å². The van der Waals surface area contributed by atoms with Crippen LogP contribution in [-0.4, -0.2) is 30.6 Å². The van der Waals surface area contributed by atoms with E-state index >= 15 is 0 Å². The fourth-order valence-electron chi connectivity index (χ4n) is 2.77. The highest BCUT2D eigenvalue weighted by molar-refractivity contribution is 7.80. The lowest BCUT2D eigenvalue weighted by atomic mass is 10.2. The molecule has 0 aliphatic heterocycles. The first kappa shape index (κ1) is 23.3. The summed E-state index contributed by atoms with van der Waals surface area (Å²) in [4.78, 5) is 25.6. The third-order valence-corrected chi connectivity index (χ3v) is 4.80. The van der Waals surface area contributed by atoms with Crippen LogP contribution in [0.15, 0.2) is 48.5 Å². The highest BCUT2D eigenvalue weighted by atomic mass is 32.1. The van der Waals surface area contributed by atoms with Crippen LogP contribution >= 0.6 is 12.2 Å². The summed E-state index contributed by atoms with van der Waals surface area (Å²) in [5, 5.41) is 5.85. The monoisotopic (exact) mass is 427 g/mol. The summed E-state index contributed by atoms with van der Waals surface area (Å²) in [5.74, 6) is 0.167. The van der Waals surface area contributed by atoms with Crippen molar-refractivity contribution in [1.82, 2.24) is 5.32 Å². The van der Waals surface area contributed by atoms with Gasteiger partial charge >= 0.3 is 0 Å². The van der Waals surface area contributed by atoms with Crippen molar-refractivity contribution in [2.75, 3.05) is 23.9 Å². The predicted molar refractivity (Wildman–Crippen MR) is 125 cm³/mol. The number of rotatable bonds is 9. The molecular formula is C23H29N3O3S. The molecule has 0 aliphatic rings. The smallest absolute Gasteiger partial charge is 0.261 e. The number of benzene rings is 2. The van der Waals surface area contributed by atoms with E-state index < -0.39 is 0 Å². The lowest BCUT2D eigenvalue weighted by molar-refractivity contribution is -0.116. The van der Waals surface area contributed by atoms with Crippen LogP contribution in [0, 0.1) is 0 Å². The van der Waals surface area contributed by atoms with E-state index in [1.54, 1.807) is 54.4 Å². The second-order valence-corrected chi connectivity index (χ2v) is 7.35. The van der Waals surface area contributed by atoms with Crippen molar-refractivity contribution >= 4 is 40.5 Å². The number of ether oxygens (including phenoxy) is 1. The van der Waals surface area contributed by atoms with Crippen LogP contribution in [0.4, 0.5) is 11.4 Å². The SMILES string of the molecule is CCCCCCOc1ccccc1C(=O)NC(=S)Nc1ccc(N(C)C(C)=O)cc1. The summed E-state index contributed by atoms with van der Waals surface area (Å²) in [6.07, 6.45) is 4.41. The van der Waals surface area contributed by atoms with E-state index in [1.165, 1.54) is 19.8 Å². The summed E-state index contributed by atoms with van der Waals surface area (Å²) < 4.78 is 5.80. The van der Waals surface area contributed by atoms with Gasteiger partial charge in [-0.05, 0) is 55.0 Å². The van der Waals surface area contributed by atoms with E-state index in [2.05, 4.69) is 17.6 Å². The Morgan fingerprint density at radius 1 is 1.03 bits per heavy atom. The van der Waals surface area contributed by atoms with Gasteiger partial charge < -0.3 is 15.0 Å². The van der Waals surface area contributed by atoms with E-state index in [4.69, 9.17) is 17.0 Å². The number of carbonyl (C=O) groups is 2. The molecule has 2 amide bonds. The van der Waals surface area contributed by atoms with Gasteiger partial charge in [0.1, 0.15) is 5.75 Å². The molecule has 0 heterocycles. The second kappa shape index (κ2) is 11.9. The number of nitrogens with zero attached hydrogens (tertiary/aromatic N) is 1. The highest BCUT2D eigenvalue weighted by Gasteiger charge is 2.14. The summed E-state index contributed by atoms with van der Waals surface area (Å²) in [5.41, 5.74) is 1.92. The molecule has 0 saturated carbocycles. The largest absolute Gasteiger partial charge is 0.493 e. The van der Waals surface area contributed by atoms with Crippen LogP contribution in [-0.2, 0) is 4.79 Å². The van der Waals surface area contributed by atoms with Crippen LogP contribution < -0.4 is 20.3 Å². The summed E-state index contributed by atoms with van der Waals surface area (Å²) >= 11 is 5.27. The number of amides is 2. The molecule has 0 saturated heterocycles. The highest BCUT2D eigenvalue weighted by Crippen LogP contribution is 2.19. The van der Waals surface area contributed by atoms with Crippen molar-refractivity contribution in [3.05, 3.63) is 54.1 Å². The molecule has 6 nitrogen and oxygen atoms in total. The molecule has 2 rings (SSSR count). The number of carbonyl (C=O) groups excluding carboxylic acids is 2. The summed E-state index contributed by atoms with van der Waals surface area (Å²) in [6, 6.07) is 14.3. The standard InChI is InChI=1S/C23H29N3O3S/c1-4-5-6-9-16-29-21-11-8-7-10-20(21)22(28)25-23(30)24-18-12-14-19(15-13-18)26(3)17(2)27/h7-8,10-15H,4-6,9,16H2,1-3H3,(H2,24,25,28,30). The maximum Gasteiger partial charge on any atom is 0.261 e. The van der Waals surface area contributed by atoms with E-state index in [0.717, 1.165) is 18.5 Å². The van der Waals surface area contributed by atoms with Gasteiger partial charge in [0, 0.05) is 25.3 Å². The molecule has 0 bridgehead atoms. The number of nitrogens with one attached hydrogen (secondary N) is 2. The van der Waals surface area contributed by atoms with Crippen molar-refractivity contribution in [2.24, 2.45) is 0 Å². The van der Waals surface area contributed by atoms with Crippen molar-refractivity contribution in [2.45, 2.75) is 39.5 Å². The molecule has 0 aromatic heterocycles. The van der Waals surface area contributed by atoms with Crippen LogP contribution in [0.1, 0.15) is 49.9 Å². The molecule has 0 unspecified atom stereocenters. The molecule has 0 radical (unpaired) electrons. The Kier molecular flexibility index (Phi) is 9.28. The molecule has 160 valence electrons. The molecule has 2 aromatic rings. The van der Waals surface area contributed by atoms with Gasteiger partial charge in [0.2, 0.25) is 5.91 Å². The van der Waals surface area contributed by atoms with Gasteiger partial charge in [0.15, 0.2) is 5.11 Å². The molecular weight excluding hydrogens is 398 g/mol. The molecule has 7 heteroatoms. The lowest BCUT2D eigenvalue weighted by Crippen LogP contribution is -2.34. The fraction of sp³-hybridized carbons (Fsp3) is 0.348. The summed E-state index contributed by atoms with van der Waals surface area (Å²) in [7, 11) is 1.71. The quantitative estimate of drug-likeness (QED) is 0.446. The normalized spacial score (nSPS) is 10.2. The van der Waals surface area contributed by atoms with Gasteiger partial charge in [-0.3, -0.25) is 14.9 Å². The topological polar surface area (TPSA) is 70.7 Å².